The minimum atomic E-state index is -0.766. The van der Waals surface area contributed by atoms with Crippen molar-refractivity contribution in [2.45, 2.75) is 53.9 Å². The lowest BCUT2D eigenvalue weighted by Gasteiger charge is -2.16. The van der Waals surface area contributed by atoms with Crippen molar-refractivity contribution >= 4 is 11.9 Å². The van der Waals surface area contributed by atoms with Gasteiger partial charge >= 0.3 is 11.9 Å². The van der Waals surface area contributed by atoms with Crippen LogP contribution in [0, 0.1) is 17.8 Å². The van der Waals surface area contributed by atoms with Gasteiger partial charge in [0.05, 0.1) is 13.2 Å². The predicted molar refractivity (Wildman–Crippen MR) is 74.6 cm³/mol. The number of hydrogen-bond donors (Lipinski definition) is 0. The first-order valence-electron chi connectivity index (χ1n) is 7.21. The minimum Gasteiger partial charge on any atom is -0.465 e. The van der Waals surface area contributed by atoms with Gasteiger partial charge in [0.2, 0.25) is 0 Å². The summed E-state index contributed by atoms with van der Waals surface area (Å²) in [5.74, 6) is -1.13. The molecule has 0 aromatic carbocycles. The highest BCUT2D eigenvalue weighted by molar-refractivity contribution is 5.94. The lowest BCUT2D eigenvalue weighted by Crippen LogP contribution is -2.29. The van der Waals surface area contributed by atoms with Crippen molar-refractivity contribution in [3.63, 3.8) is 0 Å². The summed E-state index contributed by atoms with van der Waals surface area (Å²) in [4.78, 5) is 23.8. The molecule has 0 unspecified atom stereocenters. The van der Waals surface area contributed by atoms with Crippen LogP contribution in [0.4, 0.5) is 0 Å². The molecule has 0 saturated heterocycles. The lowest BCUT2D eigenvalue weighted by atomic mass is 10.0. The molecule has 19 heavy (non-hydrogen) atoms. The van der Waals surface area contributed by atoms with E-state index < -0.39 is 17.9 Å². The highest BCUT2D eigenvalue weighted by Gasteiger charge is 2.29. The molecular weight excluding hydrogens is 244 g/mol. The second kappa shape index (κ2) is 9.82. The number of carbonyl (C=O) groups is 2. The summed E-state index contributed by atoms with van der Waals surface area (Å²) < 4.78 is 10.3. The van der Waals surface area contributed by atoms with Crippen molar-refractivity contribution < 1.29 is 19.1 Å². The van der Waals surface area contributed by atoms with Crippen molar-refractivity contribution in [2.24, 2.45) is 17.8 Å². The van der Waals surface area contributed by atoms with E-state index in [2.05, 4.69) is 0 Å². The average molecular weight is 272 g/mol. The Bertz CT molecular complexity index is 247. The van der Waals surface area contributed by atoms with Crippen LogP contribution in [0.25, 0.3) is 0 Å². The third-order valence-corrected chi connectivity index (χ3v) is 2.53. The first-order chi connectivity index (χ1) is 8.88. The van der Waals surface area contributed by atoms with Crippen molar-refractivity contribution in [2.75, 3.05) is 13.2 Å². The van der Waals surface area contributed by atoms with Crippen molar-refractivity contribution in [1.82, 2.24) is 0 Å². The molecule has 0 spiro atoms. The summed E-state index contributed by atoms with van der Waals surface area (Å²) in [5.41, 5.74) is 0. The molecule has 4 heteroatoms. The van der Waals surface area contributed by atoms with Gasteiger partial charge in [-0.2, -0.15) is 0 Å². The maximum absolute atomic E-state index is 11.9. The molecule has 0 rings (SSSR count). The summed E-state index contributed by atoms with van der Waals surface area (Å²) in [6, 6.07) is 0. The lowest BCUT2D eigenvalue weighted by molar-refractivity contribution is -0.163. The molecule has 112 valence electrons. The van der Waals surface area contributed by atoms with Crippen LogP contribution in [0.5, 0.6) is 0 Å². The first-order valence-corrected chi connectivity index (χ1v) is 7.21. The van der Waals surface area contributed by atoms with E-state index in [0.717, 1.165) is 12.8 Å². The summed E-state index contributed by atoms with van der Waals surface area (Å²) in [5, 5.41) is 0. The molecule has 0 N–H and O–H groups in total. The minimum absolute atomic E-state index is 0.266. The highest BCUT2D eigenvalue weighted by Crippen LogP contribution is 2.14. The van der Waals surface area contributed by atoms with Gasteiger partial charge in [0.15, 0.2) is 5.92 Å². The fraction of sp³-hybridized carbons (Fsp3) is 0.867. The van der Waals surface area contributed by atoms with Crippen LogP contribution in [-0.4, -0.2) is 25.2 Å². The Balaban J connectivity index is 4.42. The van der Waals surface area contributed by atoms with Gasteiger partial charge in [0, 0.05) is 0 Å². The Morgan fingerprint density at radius 2 is 1.32 bits per heavy atom. The molecular formula is C15H28O4. The molecule has 0 bridgehead atoms. The van der Waals surface area contributed by atoms with E-state index in [1.165, 1.54) is 0 Å². The Morgan fingerprint density at radius 3 is 1.63 bits per heavy atom. The maximum atomic E-state index is 11.9. The van der Waals surface area contributed by atoms with E-state index in [-0.39, 0.29) is 11.8 Å². The number of hydrogen-bond acceptors (Lipinski definition) is 4. The predicted octanol–water partition coefficient (Wildman–Crippen LogP) is 3.19. The summed E-state index contributed by atoms with van der Waals surface area (Å²) in [6.45, 7) is 10.6. The molecule has 0 amide bonds. The molecule has 0 saturated carbocycles. The zero-order valence-electron chi connectivity index (χ0n) is 12.9. The number of esters is 2. The third kappa shape index (κ3) is 8.62. The first kappa shape index (κ1) is 17.9. The molecule has 0 aliphatic rings. The van der Waals surface area contributed by atoms with E-state index in [1.54, 1.807) is 0 Å². The van der Waals surface area contributed by atoms with E-state index in [9.17, 15) is 9.59 Å². The zero-order chi connectivity index (χ0) is 14.8. The standard InChI is InChI=1S/C15H28O4/c1-6-7-8-13(14(16)18-9-11(2)3)15(17)19-10-12(4)5/h11-13H,6-10H2,1-5H3. The Morgan fingerprint density at radius 1 is 0.895 bits per heavy atom. The van der Waals surface area contributed by atoms with E-state index in [4.69, 9.17) is 9.47 Å². The molecule has 0 aliphatic carbocycles. The number of carbonyl (C=O) groups excluding carboxylic acids is 2. The van der Waals surface area contributed by atoms with Crippen LogP contribution in [0.2, 0.25) is 0 Å². The highest BCUT2D eigenvalue weighted by atomic mass is 16.6. The summed E-state index contributed by atoms with van der Waals surface area (Å²) in [6.07, 6.45) is 2.26. The Labute approximate surface area is 116 Å². The Kier molecular flexibility index (Phi) is 9.27. The van der Waals surface area contributed by atoms with E-state index in [0.29, 0.717) is 19.6 Å². The van der Waals surface area contributed by atoms with Crippen LogP contribution in [0.3, 0.4) is 0 Å². The van der Waals surface area contributed by atoms with Gasteiger partial charge in [-0.1, -0.05) is 47.5 Å². The fourth-order valence-electron chi connectivity index (χ4n) is 1.44. The van der Waals surface area contributed by atoms with Gasteiger partial charge in [-0.15, -0.1) is 0 Å². The largest absolute Gasteiger partial charge is 0.465 e. The monoisotopic (exact) mass is 272 g/mol. The van der Waals surface area contributed by atoms with Gasteiger partial charge in [-0.25, -0.2) is 0 Å². The van der Waals surface area contributed by atoms with Crippen LogP contribution in [0.15, 0.2) is 0 Å². The molecule has 0 radical (unpaired) electrons. The van der Waals surface area contributed by atoms with Crippen molar-refractivity contribution in [3.8, 4) is 0 Å². The number of ether oxygens (including phenoxy) is 2. The van der Waals surface area contributed by atoms with Gasteiger partial charge in [-0.05, 0) is 18.3 Å². The second-order valence-electron chi connectivity index (χ2n) is 5.74. The van der Waals surface area contributed by atoms with Gasteiger partial charge in [0.25, 0.3) is 0 Å². The van der Waals surface area contributed by atoms with Gasteiger partial charge < -0.3 is 9.47 Å². The van der Waals surface area contributed by atoms with Gasteiger partial charge in [0.1, 0.15) is 0 Å². The molecule has 0 aromatic rings. The zero-order valence-corrected chi connectivity index (χ0v) is 12.9. The normalized spacial score (nSPS) is 11.2. The van der Waals surface area contributed by atoms with Crippen LogP contribution in [0.1, 0.15) is 53.9 Å². The molecule has 4 nitrogen and oxygen atoms in total. The molecule has 0 aromatic heterocycles. The maximum Gasteiger partial charge on any atom is 0.320 e. The molecule has 0 aliphatic heterocycles. The molecule has 0 atom stereocenters. The fourth-order valence-corrected chi connectivity index (χ4v) is 1.44. The topological polar surface area (TPSA) is 52.6 Å². The van der Waals surface area contributed by atoms with Crippen LogP contribution < -0.4 is 0 Å². The average Bonchev–Trinajstić information content (AvgIpc) is 2.34. The van der Waals surface area contributed by atoms with Crippen LogP contribution >= 0.6 is 0 Å². The van der Waals surface area contributed by atoms with Crippen molar-refractivity contribution in [1.29, 1.82) is 0 Å². The van der Waals surface area contributed by atoms with E-state index >= 15 is 0 Å². The number of unbranched alkanes of at least 4 members (excludes halogenated alkanes) is 1. The molecule has 0 heterocycles. The quantitative estimate of drug-likeness (QED) is 0.478. The van der Waals surface area contributed by atoms with E-state index in [1.807, 2.05) is 34.6 Å². The summed E-state index contributed by atoms with van der Waals surface area (Å²) in [7, 11) is 0. The second-order valence-corrected chi connectivity index (χ2v) is 5.74. The Hall–Kier alpha value is -1.06. The SMILES string of the molecule is CCCCC(C(=O)OCC(C)C)C(=O)OCC(C)C. The van der Waals surface area contributed by atoms with Crippen LogP contribution in [-0.2, 0) is 19.1 Å². The van der Waals surface area contributed by atoms with Crippen molar-refractivity contribution in [3.05, 3.63) is 0 Å². The summed E-state index contributed by atoms with van der Waals surface area (Å²) >= 11 is 0. The number of rotatable bonds is 9. The van der Waals surface area contributed by atoms with Gasteiger partial charge in [-0.3, -0.25) is 9.59 Å². The smallest absolute Gasteiger partial charge is 0.320 e. The third-order valence-electron chi connectivity index (χ3n) is 2.53. The molecule has 0 fully saturated rings.